The molecule has 6 fully saturated rings. The summed E-state index contributed by atoms with van der Waals surface area (Å²) >= 11 is 0. The smallest absolute Gasteiger partial charge is 0.444 e. The summed E-state index contributed by atoms with van der Waals surface area (Å²) in [5.74, 6) is 1.07. The molecule has 44 heavy (non-hydrogen) atoms. The van der Waals surface area contributed by atoms with Crippen molar-refractivity contribution in [2.45, 2.75) is 156 Å². The van der Waals surface area contributed by atoms with Gasteiger partial charge in [0.2, 0.25) is 5.91 Å². The van der Waals surface area contributed by atoms with Crippen molar-refractivity contribution in [3.63, 3.8) is 0 Å². The van der Waals surface area contributed by atoms with E-state index in [1.54, 1.807) is 32.6 Å². The number of fused-ring (bicyclic) bond motifs is 1. The third-order valence-electron chi connectivity index (χ3n) is 11.6. The average Bonchev–Trinajstić information content (AvgIpc) is 3.49. The standard InChI is InChI=1S/C33H56BN3O7/c1-20(35-27(39)41-29(3,4)5)26(38)36-16-14-33(21(2)37(19-24(33)36)28(40)42-30(6,7)8)13-12-15-34-43-25-18-22-17-23(31(22,9)10)32(25,11)44-34/h20-25H,12-19H2,1-11H3,(H,35,39)/t20-,21+,22-,23-,24-,25+,32-,33+/m0/s1. The fraction of sp³-hybridized carbons (Fsp3) is 0.909. The van der Waals surface area contributed by atoms with E-state index >= 15 is 0 Å². The Hall–Kier alpha value is -2.01. The zero-order chi connectivity index (χ0) is 32.6. The SMILES string of the molecule is C[C@H](NC(=O)OC(C)(C)C)C(=O)N1CC[C@@]2(CCCB3O[C@@H]4C[C@@H]5C[C@@H](C5(C)C)[C@]4(C)O3)[C@@H]1CN(C(=O)OC(C)(C)C)[C@@H]2C. The van der Waals surface area contributed by atoms with Gasteiger partial charge in [-0.25, -0.2) is 9.59 Å². The zero-order valence-corrected chi connectivity index (χ0v) is 29.0. The highest BCUT2D eigenvalue weighted by molar-refractivity contribution is 6.45. The maximum Gasteiger partial charge on any atom is 0.457 e. The van der Waals surface area contributed by atoms with Crippen LogP contribution in [0.2, 0.25) is 6.32 Å². The molecule has 0 aromatic carbocycles. The largest absolute Gasteiger partial charge is 0.457 e. The highest BCUT2D eigenvalue weighted by Crippen LogP contribution is 2.66. The van der Waals surface area contributed by atoms with E-state index in [1.165, 1.54) is 6.42 Å². The van der Waals surface area contributed by atoms with Crippen molar-refractivity contribution >= 4 is 25.2 Å². The molecule has 3 saturated heterocycles. The molecule has 3 aliphatic carbocycles. The Morgan fingerprint density at radius 1 is 1.02 bits per heavy atom. The number of hydrogen-bond acceptors (Lipinski definition) is 7. The number of amides is 3. The summed E-state index contributed by atoms with van der Waals surface area (Å²) in [6.45, 7) is 22.7. The molecule has 0 unspecified atom stereocenters. The van der Waals surface area contributed by atoms with E-state index in [0.717, 1.165) is 32.0 Å². The molecule has 1 N–H and O–H groups in total. The Morgan fingerprint density at radius 2 is 1.68 bits per heavy atom. The summed E-state index contributed by atoms with van der Waals surface area (Å²) in [6.07, 6.45) is 4.72. The van der Waals surface area contributed by atoms with Gasteiger partial charge in [0.05, 0.1) is 17.7 Å². The number of rotatable bonds is 6. The molecule has 6 aliphatic rings. The van der Waals surface area contributed by atoms with Crippen LogP contribution in [-0.4, -0.2) is 89.1 Å². The van der Waals surface area contributed by atoms with Gasteiger partial charge in [-0.05, 0) is 112 Å². The zero-order valence-electron chi connectivity index (χ0n) is 29.0. The molecule has 248 valence electrons. The summed E-state index contributed by atoms with van der Waals surface area (Å²) in [5.41, 5.74) is -1.51. The van der Waals surface area contributed by atoms with E-state index in [2.05, 4.69) is 33.0 Å². The maximum absolute atomic E-state index is 13.8. The average molecular weight is 618 g/mol. The second-order valence-electron chi connectivity index (χ2n) is 17.0. The fourth-order valence-electron chi connectivity index (χ4n) is 9.17. The van der Waals surface area contributed by atoms with Crippen LogP contribution in [0.4, 0.5) is 9.59 Å². The van der Waals surface area contributed by atoms with Crippen LogP contribution in [-0.2, 0) is 23.6 Å². The third-order valence-corrected chi connectivity index (χ3v) is 11.6. The monoisotopic (exact) mass is 617 g/mol. The van der Waals surface area contributed by atoms with Crippen LogP contribution in [0.3, 0.4) is 0 Å². The first-order valence-electron chi connectivity index (χ1n) is 16.8. The van der Waals surface area contributed by atoms with Gasteiger partial charge in [-0.1, -0.05) is 20.3 Å². The lowest BCUT2D eigenvalue weighted by Gasteiger charge is -2.64. The Kier molecular flexibility index (Phi) is 8.39. The molecule has 0 spiro atoms. The van der Waals surface area contributed by atoms with Crippen LogP contribution in [0.5, 0.6) is 0 Å². The van der Waals surface area contributed by atoms with Crippen LogP contribution in [0.1, 0.15) is 108 Å². The molecule has 6 rings (SSSR count). The van der Waals surface area contributed by atoms with E-state index in [4.69, 9.17) is 18.8 Å². The van der Waals surface area contributed by atoms with Crippen molar-refractivity contribution in [3.05, 3.63) is 0 Å². The van der Waals surface area contributed by atoms with Crippen molar-refractivity contribution in [1.82, 2.24) is 15.1 Å². The normalized spacial score (nSPS) is 36.3. The molecular formula is C33H56BN3O7. The predicted octanol–water partition coefficient (Wildman–Crippen LogP) is 5.63. The topological polar surface area (TPSA) is 107 Å². The van der Waals surface area contributed by atoms with Gasteiger partial charge in [-0.3, -0.25) is 4.79 Å². The molecule has 8 atom stereocenters. The van der Waals surface area contributed by atoms with Gasteiger partial charge in [-0.15, -0.1) is 0 Å². The van der Waals surface area contributed by atoms with Crippen LogP contribution in [0.25, 0.3) is 0 Å². The molecule has 3 heterocycles. The predicted molar refractivity (Wildman–Crippen MR) is 168 cm³/mol. The number of ether oxygens (including phenoxy) is 2. The summed E-state index contributed by atoms with van der Waals surface area (Å²) < 4.78 is 24.4. The first kappa shape index (κ1) is 33.4. The second kappa shape index (κ2) is 11.1. The Bertz CT molecular complexity index is 1150. The number of nitrogens with one attached hydrogen (secondary N) is 1. The highest BCUT2D eigenvalue weighted by Gasteiger charge is 2.68. The third kappa shape index (κ3) is 5.85. The number of alkyl carbamates (subject to hydrolysis) is 1. The van der Waals surface area contributed by atoms with Crippen molar-refractivity contribution in [2.75, 3.05) is 13.1 Å². The molecule has 0 radical (unpaired) electrons. The van der Waals surface area contributed by atoms with Crippen LogP contribution in [0.15, 0.2) is 0 Å². The minimum Gasteiger partial charge on any atom is -0.444 e. The fourth-order valence-corrected chi connectivity index (χ4v) is 9.17. The molecule has 0 aromatic rings. The number of carbonyl (C=O) groups is 3. The Morgan fingerprint density at radius 3 is 2.30 bits per heavy atom. The number of hydrogen-bond donors (Lipinski definition) is 1. The second-order valence-corrected chi connectivity index (χ2v) is 17.0. The summed E-state index contributed by atoms with van der Waals surface area (Å²) in [6, 6.07) is -1.06. The van der Waals surface area contributed by atoms with E-state index in [0.29, 0.717) is 30.3 Å². The van der Waals surface area contributed by atoms with Gasteiger partial charge >= 0.3 is 19.3 Å². The number of carbonyl (C=O) groups excluding carboxylic acids is 3. The summed E-state index contributed by atoms with van der Waals surface area (Å²) in [4.78, 5) is 43.3. The van der Waals surface area contributed by atoms with Gasteiger partial charge in [0.1, 0.15) is 17.2 Å². The molecule has 3 saturated carbocycles. The lowest BCUT2D eigenvalue weighted by atomic mass is 9.43. The van der Waals surface area contributed by atoms with E-state index in [9.17, 15) is 14.4 Å². The van der Waals surface area contributed by atoms with Crippen molar-refractivity contribution < 1.29 is 33.2 Å². The van der Waals surface area contributed by atoms with E-state index < -0.39 is 23.3 Å². The molecule has 10 nitrogen and oxygen atoms in total. The van der Waals surface area contributed by atoms with Crippen LogP contribution < -0.4 is 5.32 Å². The molecule has 11 heteroatoms. The molecule has 3 aliphatic heterocycles. The van der Waals surface area contributed by atoms with E-state index in [-0.39, 0.29) is 48.3 Å². The van der Waals surface area contributed by atoms with Gasteiger partial charge in [0.25, 0.3) is 0 Å². The summed E-state index contributed by atoms with van der Waals surface area (Å²) in [5, 5.41) is 2.71. The summed E-state index contributed by atoms with van der Waals surface area (Å²) in [7, 11) is -0.231. The van der Waals surface area contributed by atoms with Gasteiger partial charge in [0.15, 0.2) is 0 Å². The lowest BCUT2D eigenvalue weighted by molar-refractivity contribution is -0.199. The van der Waals surface area contributed by atoms with E-state index in [1.807, 2.05) is 25.7 Å². The first-order valence-corrected chi connectivity index (χ1v) is 16.8. The number of likely N-dealkylation sites (tertiary alicyclic amines) is 2. The molecule has 3 amide bonds. The van der Waals surface area contributed by atoms with Crippen LogP contribution >= 0.6 is 0 Å². The highest BCUT2D eigenvalue weighted by atomic mass is 16.7. The van der Waals surface area contributed by atoms with Gasteiger partial charge in [-0.2, -0.15) is 0 Å². The van der Waals surface area contributed by atoms with Crippen molar-refractivity contribution in [3.8, 4) is 0 Å². The van der Waals surface area contributed by atoms with Crippen molar-refractivity contribution in [1.29, 1.82) is 0 Å². The molecule has 0 aromatic heterocycles. The number of nitrogens with zero attached hydrogens (tertiary/aromatic N) is 2. The van der Waals surface area contributed by atoms with Crippen molar-refractivity contribution in [2.24, 2.45) is 22.7 Å². The van der Waals surface area contributed by atoms with Gasteiger partial charge < -0.3 is 33.9 Å². The first-order chi connectivity index (χ1) is 20.2. The quantitative estimate of drug-likeness (QED) is 0.385. The Labute approximate surface area is 264 Å². The Balaban J connectivity index is 1.28. The van der Waals surface area contributed by atoms with Gasteiger partial charge in [0, 0.05) is 24.5 Å². The lowest BCUT2D eigenvalue weighted by Crippen LogP contribution is -2.65. The minimum absolute atomic E-state index is 0.118. The maximum atomic E-state index is 13.8. The molecule has 2 bridgehead atoms. The van der Waals surface area contributed by atoms with Crippen LogP contribution in [0, 0.1) is 22.7 Å². The minimum atomic E-state index is -0.758. The molecular weight excluding hydrogens is 561 g/mol.